The Morgan fingerprint density at radius 1 is 1.45 bits per heavy atom. The largest absolute Gasteiger partial charge is 0.305 e. The zero-order valence-corrected chi connectivity index (χ0v) is 13.4. The molecule has 0 bridgehead atoms. The van der Waals surface area contributed by atoms with Crippen LogP contribution in [0.4, 0.5) is 0 Å². The highest BCUT2D eigenvalue weighted by atomic mass is 35.5. The Balaban J connectivity index is 2.23. The van der Waals surface area contributed by atoms with E-state index in [0.717, 1.165) is 29.1 Å². The number of rotatable bonds is 4. The Hall–Kier alpha value is -1.33. The van der Waals surface area contributed by atoms with Crippen molar-refractivity contribution in [3.63, 3.8) is 0 Å². The summed E-state index contributed by atoms with van der Waals surface area (Å²) in [6.07, 6.45) is 0.769. The minimum atomic E-state index is 0.244. The number of nitrogens with zero attached hydrogens (tertiary/aromatic N) is 4. The van der Waals surface area contributed by atoms with Gasteiger partial charge in [0.25, 0.3) is 0 Å². The molecule has 0 saturated heterocycles. The molecule has 20 heavy (non-hydrogen) atoms. The van der Waals surface area contributed by atoms with Gasteiger partial charge in [0.1, 0.15) is 11.3 Å². The molecule has 0 saturated carbocycles. The molecule has 0 radical (unpaired) electrons. The van der Waals surface area contributed by atoms with Crippen LogP contribution in [0.1, 0.15) is 29.4 Å². The van der Waals surface area contributed by atoms with Crippen molar-refractivity contribution in [1.29, 1.82) is 0 Å². The van der Waals surface area contributed by atoms with Crippen LogP contribution in [0.15, 0.2) is 17.5 Å². The van der Waals surface area contributed by atoms with Crippen LogP contribution in [-0.2, 0) is 13.5 Å². The summed E-state index contributed by atoms with van der Waals surface area (Å²) in [6.45, 7) is 4.20. The molecule has 3 rings (SSSR count). The first kappa shape index (κ1) is 13.6. The average molecular weight is 309 g/mol. The molecule has 0 aromatic carbocycles. The molecule has 0 aliphatic carbocycles. The van der Waals surface area contributed by atoms with E-state index in [4.69, 9.17) is 16.6 Å². The minimum Gasteiger partial charge on any atom is -0.305 e. The highest BCUT2D eigenvalue weighted by molar-refractivity contribution is 7.10. The summed E-state index contributed by atoms with van der Waals surface area (Å²) in [6, 6.07) is 4.49. The predicted molar refractivity (Wildman–Crippen MR) is 83.8 cm³/mol. The van der Waals surface area contributed by atoms with Gasteiger partial charge in [0.15, 0.2) is 5.65 Å². The second-order valence-corrected chi connectivity index (χ2v) is 6.27. The van der Waals surface area contributed by atoms with E-state index in [1.807, 2.05) is 18.7 Å². The molecule has 0 aliphatic rings. The lowest BCUT2D eigenvalue weighted by Gasteiger charge is -2.16. The number of halogens is 1. The van der Waals surface area contributed by atoms with E-state index < -0.39 is 0 Å². The van der Waals surface area contributed by atoms with Crippen LogP contribution in [0.5, 0.6) is 0 Å². The Morgan fingerprint density at radius 3 is 2.90 bits per heavy atom. The molecule has 3 aromatic heterocycles. The quantitative estimate of drug-likeness (QED) is 0.691. The van der Waals surface area contributed by atoms with Gasteiger partial charge in [-0.2, -0.15) is 5.10 Å². The third-order valence-electron chi connectivity index (χ3n) is 3.57. The lowest BCUT2D eigenvalue weighted by Crippen LogP contribution is -2.12. The van der Waals surface area contributed by atoms with Crippen LogP contribution in [0.3, 0.4) is 0 Å². The fourth-order valence-corrected chi connectivity index (χ4v) is 3.61. The number of fused-ring (bicyclic) bond motifs is 1. The molecule has 0 aliphatic heterocycles. The molecular formula is C14H17ClN4S. The van der Waals surface area contributed by atoms with Gasteiger partial charge < -0.3 is 4.57 Å². The van der Waals surface area contributed by atoms with E-state index in [0.29, 0.717) is 5.88 Å². The van der Waals surface area contributed by atoms with Gasteiger partial charge in [0.2, 0.25) is 0 Å². The van der Waals surface area contributed by atoms with Crippen molar-refractivity contribution in [3.8, 4) is 0 Å². The predicted octanol–water partition coefficient (Wildman–Crippen LogP) is 3.53. The maximum Gasteiger partial charge on any atom is 0.159 e. The normalized spacial score (nSPS) is 13.2. The summed E-state index contributed by atoms with van der Waals surface area (Å²) in [5.74, 6) is 1.61. The van der Waals surface area contributed by atoms with Crippen LogP contribution >= 0.6 is 22.9 Å². The molecule has 6 heteroatoms. The number of aryl methyl sites for hydroxylation is 3. The number of hydrogen-bond donors (Lipinski definition) is 0. The van der Waals surface area contributed by atoms with E-state index in [9.17, 15) is 0 Å². The van der Waals surface area contributed by atoms with Crippen LogP contribution in [0, 0.1) is 6.92 Å². The summed E-state index contributed by atoms with van der Waals surface area (Å²) in [7, 11) is 1.97. The van der Waals surface area contributed by atoms with E-state index in [1.54, 1.807) is 11.3 Å². The van der Waals surface area contributed by atoms with Gasteiger partial charge in [-0.3, -0.25) is 4.68 Å². The lowest BCUT2D eigenvalue weighted by molar-refractivity contribution is 0.607. The van der Waals surface area contributed by atoms with Crippen molar-refractivity contribution >= 4 is 34.1 Å². The molecule has 0 N–H and O–H groups in total. The Bertz CT molecular complexity index is 726. The van der Waals surface area contributed by atoms with Crippen molar-refractivity contribution in [1.82, 2.24) is 19.3 Å². The minimum absolute atomic E-state index is 0.244. The van der Waals surface area contributed by atoms with E-state index in [-0.39, 0.29) is 6.04 Å². The van der Waals surface area contributed by atoms with Crippen molar-refractivity contribution in [2.45, 2.75) is 26.3 Å². The zero-order valence-electron chi connectivity index (χ0n) is 11.8. The number of hydrogen-bond acceptors (Lipinski definition) is 3. The third-order valence-corrected chi connectivity index (χ3v) is 4.80. The average Bonchev–Trinajstić information content (AvgIpc) is 3.09. The fraction of sp³-hybridized carbons (Fsp3) is 0.429. The van der Waals surface area contributed by atoms with Gasteiger partial charge in [-0.1, -0.05) is 6.07 Å². The number of imidazole rings is 1. The van der Waals surface area contributed by atoms with Crippen LogP contribution in [-0.4, -0.2) is 25.2 Å². The first-order chi connectivity index (χ1) is 9.63. The molecule has 0 spiro atoms. The molecule has 3 heterocycles. The highest BCUT2D eigenvalue weighted by Gasteiger charge is 2.21. The van der Waals surface area contributed by atoms with Gasteiger partial charge in [-0.25, -0.2) is 4.98 Å². The zero-order chi connectivity index (χ0) is 14.3. The van der Waals surface area contributed by atoms with Gasteiger partial charge >= 0.3 is 0 Å². The van der Waals surface area contributed by atoms with E-state index in [1.165, 1.54) is 4.88 Å². The lowest BCUT2D eigenvalue weighted by atomic mass is 10.2. The van der Waals surface area contributed by atoms with Gasteiger partial charge in [-0.05, 0) is 25.3 Å². The smallest absolute Gasteiger partial charge is 0.159 e. The van der Waals surface area contributed by atoms with Gasteiger partial charge in [0, 0.05) is 24.2 Å². The Kier molecular flexibility index (Phi) is 3.56. The van der Waals surface area contributed by atoms with Crippen molar-refractivity contribution in [2.24, 2.45) is 7.05 Å². The summed E-state index contributed by atoms with van der Waals surface area (Å²) < 4.78 is 4.18. The maximum absolute atomic E-state index is 5.94. The van der Waals surface area contributed by atoms with Gasteiger partial charge in [0.05, 0.1) is 11.7 Å². The van der Waals surface area contributed by atoms with Gasteiger partial charge in [-0.15, -0.1) is 22.9 Å². The topological polar surface area (TPSA) is 35.6 Å². The molecule has 1 atom stereocenters. The van der Waals surface area contributed by atoms with Crippen molar-refractivity contribution in [2.75, 3.05) is 5.88 Å². The first-order valence-corrected chi connectivity index (χ1v) is 8.04. The number of alkyl halides is 1. The molecule has 3 aromatic rings. The third kappa shape index (κ3) is 2.05. The fourth-order valence-electron chi connectivity index (χ4n) is 2.66. The Labute approximate surface area is 127 Å². The van der Waals surface area contributed by atoms with Crippen LogP contribution in [0.25, 0.3) is 11.2 Å². The van der Waals surface area contributed by atoms with Crippen molar-refractivity contribution < 1.29 is 0 Å². The van der Waals surface area contributed by atoms with Crippen LogP contribution in [0.2, 0.25) is 0 Å². The summed E-state index contributed by atoms with van der Waals surface area (Å²) in [5, 5.41) is 6.59. The number of aromatic nitrogens is 4. The molecular weight excluding hydrogens is 292 g/mol. The second kappa shape index (κ2) is 5.22. The highest BCUT2D eigenvalue weighted by Crippen LogP contribution is 2.29. The number of thiophene rings is 1. The second-order valence-electron chi connectivity index (χ2n) is 4.91. The summed E-state index contributed by atoms with van der Waals surface area (Å²) >= 11 is 7.70. The molecule has 106 valence electrons. The maximum atomic E-state index is 5.94. The van der Waals surface area contributed by atoms with E-state index in [2.05, 4.69) is 34.1 Å². The molecule has 0 amide bonds. The SMILES string of the molecule is Cc1nn(C)c2c1nc(CCCl)n2C(C)c1cccs1. The first-order valence-electron chi connectivity index (χ1n) is 6.63. The summed E-state index contributed by atoms with van der Waals surface area (Å²) in [4.78, 5) is 6.07. The monoisotopic (exact) mass is 308 g/mol. The Morgan fingerprint density at radius 2 is 2.25 bits per heavy atom. The molecule has 4 nitrogen and oxygen atoms in total. The summed E-state index contributed by atoms with van der Waals surface area (Å²) in [5.41, 5.74) is 3.02. The molecule has 1 unspecified atom stereocenters. The molecule has 0 fully saturated rings. The van der Waals surface area contributed by atoms with Crippen molar-refractivity contribution in [3.05, 3.63) is 33.9 Å². The van der Waals surface area contributed by atoms with Crippen LogP contribution < -0.4 is 0 Å². The van der Waals surface area contributed by atoms with E-state index >= 15 is 0 Å². The standard InChI is InChI=1S/C14H17ClN4S/c1-9-13-14(18(3)17-9)19(12(16-13)6-7-15)10(2)11-5-4-8-20-11/h4-5,8,10H,6-7H2,1-3H3.